The van der Waals surface area contributed by atoms with E-state index in [1.807, 2.05) is 0 Å². The molecule has 1 aliphatic heterocycles. The van der Waals surface area contributed by atoms with Crippen molar-refractivity contribution < 1.29 is 28.7 Å². The van der Waals surface area contributed by atoms with Crippen LogP contribution < -0.4 is 24.7 Å². The molecule has 0 radical (unpaired) electrons. The van der Waals surface area contributed by atoms with Gasteiger partial charge in [-0.05, 0) is 42.0 Å². The number of nitrogens with two attached hydrogens (primary N) is 1. The van der Waals surface area contributed by atoms with Crippen molar-refractivity contribution in [3.05, 3.63) is 133 Å². The van der Waals surface area contributed by atoms with Gasteiger partial charge in [-0.25, -0.2) is 4.79 Å². The van der Waals surface area contributed by atoms with Crippen LogP contribution >= 0.6 is 23.2 Å². The predicted molar refractivity (Wildman–Crippen MR) is 158 cm³/mol. The van der Waals surface area contributed by atoms with Gasteiger partial charge in [-0.15, -0.1) is 0 Å². The topological polar surface area (TPSA) is 147 Å². The zero-order valence-electron chi connectivity index (χ0n) is 22.4. The van der Waals surface area contributed by atoms with E-state index in [1.165, 1.54) is 43.5 Å². The fourth-order valence-electron chi connectivity index (χ4n) is 4.59. The average Bonchev–Trinajstić information content (AvgIpc) is 2.99. The number of hydrogen-bond donors (Lipinski definition) is 1. The van der Waals surface area contributed by atoms with Crippen molar-refractivity contribution in [2.45, 2.75) is 12.5 Å². The van der Waals surface area contributed by atoms with E-state index in [2.05, 4.69) is 6.07 Å². The minimum Gasteiger partial charge on any atom is -0.493 e. The Balaban J connectivity index is 1.44. The molecule has 216 valence electrons. The number of nitro benzene ring substituents is 1. The molecule has 1 atom stereocenters. The SMILES string of the molecule is COc1cc(C2C(C#N)=C(N)Oc3cc(OC(=O)c4ccccc4[N+](=O)[O-])ccc32)ccc1OCc1ccc(Cl)cc1Cl. The van der Waals surface area contributed by atoms with Gasteiger partial charge in [0, 0.05) is 33.3 Å². The molecule has 43 heavy (non-hydrogen) atoms. The summed E-state index contributed by atoms with van der Waals surface area (Å²) in [7, 11) is 1.49. The van der Waals surface area contributed by atoms with E-state index < -0.39 is 16.8 Å². The van der Waals surface area contributed by atoms with Crippen LogP contribution in [0.2, 0.25) is 10.0 Å². The molecule has 0 amide bonds. The van der Waals surface area contributed by atoms with E-state index in [4.69, 9.17) is 47.9 Å². The van der Waals surface area contributed by atoms with Crippen molar-refractivity contribution in [3.8, 4) is 29.1 Å². The number of fused-ring (bicyclic) bond motifs is 1. The summed E-state index contributed by atoms with van der Waals surface area (Å²) >= 11 is 12.3. The number of halogens is 2. The molecule has 0 saturated carbocycles. The summed E-state index contributed by atoms with van der Waals surface area (Å²) in [6, 6.07) is 22.5. The number of allylic oxidation sites excluding steroid dienone is 1. The lowest BCUT2D eigenvalue weighted by molar-refractivity contribution is -0.385. The molecule has 0 fully saturated rings. The van der Waals surface area contributed by atoms with Crippen LogP contribution in [0, 0.1) is 21.4 Å². The van der Waals surface area contributed by atoms with E-state index in [0.29, 0.717) is 32.7 Å². The van der Waals surface area contributed by atoms with Crippen molar-refractivity contribution in [2.75, 3.05) is 7.11 Å². The highest BCUT2D eigenvalue weighted by Gasteiger charge is 2.32. The van der Waals surface area contributed by atoms with Gasteiger partial charge >= 0.3 is 5.97 Å². The van der Waals surface area contributed by atoms with Gasteiger partial charge in [-0.1, -0.05) is 53.5 Å². The second kappa shape index (κ2) is 12.3. The molecule has 0 aliphatic carbocycles. The maximum atomic E-state index is 12.8. The Morgan fingerprint density at radius 3 is 2.58 bits per heavy atom. The number of carbonyl (C=O) groups excluding carboxylic acids is 1. The van der Waals surface area contributed by atoms with Gasteiger partial charge in [0.2, 0.25) is 5.88 Å². The highest BCUT2D eigenvalue weighted by Crippen LogP contribution is 2.45. The van der Waals surface area contributed by atoms with Crippen LogP contribution in [0.15, 0.2) is 90.3 Å². The summed E-state index contributed by atoms with van der Waals surface area (Å²) in [5.41, 5.74) is 7.67. The zero-order valence-corrected chi connectivity index (χ0v) is 23.9. The maximum Gasteiger partial charge on any atom is 0.350 e. The first-order chi connectivity index (χ1) is 20.7. The Labute approximate surface area is 255 Å². The average molecular weight is 618 g/mol. The Bertz CT molecular complexity index is 1830. The van der Waals surface area contributed by atoms with Crippen LogP contribution in [0.25, 0.3) is 0 Å². The predicted octanol–water partition coefficient (Wildman–Crippen LogP) is 6.93. The van der Waals surface area contributed by atoms with Crippen molar-refractivity contribution >= 4 is 34.9 Å². The van der Waals surface area contributed by atoms with Crippen molar-refractivity contribution in [3.63, 3.8) is 0 Å². The molecule has 1 aliphatic rings. The maximum absolute atomic E-state index is 12.8. The largest absolute Gasteiger partial charge is 0.493 e. The molecule has 0 spiro atoms. The van der Waals surface area contributed by atoms with Crippen molar-refractivity contribution in [2.24, 2.45) is 5.73 Å². The summed E-state index contributed by atoms with van der Waals surface area (Å²) in [4.78, 5) is 23.4. The van der Waals surface area contributed by atoms with E-state index in [0.717, 1.165) is 5.56 Å². The minimum atomic E-state index is -0.916. The van der Waals surface area contributed by atoms with Gasteiger partial charge in [0.25, 0.3) is 5.69 Å². The number of nitriles is 1. The third kappa shape index (κ3) is 6.04. The number of esters is 1. The molecule has 2 N–H and O–H groups in total. The molecule has 12 heteroatoms. The number of methoxy groups -OCH3 is 1. The molecule has 4 aromatic carbocycles. The molecular weight excluding hydrogens is 597 g/mol. The van der Waals surface area contributed by atoms with Crippen LogP contribution in [0.4, 0.5) is 5.69 Å². The fraction of sp³-hybridized carbons (Fsp3) is 0.0968. The Morgan fingerprint density at radius 2 is 1.86 bits per heavy atom. The highest BCUT2D eigenvalue weighted by atomic mass is 35.5. The molecular formula is C31H21Cl2N3O7. The quantitative estimate of drug-likeness (QED) is 0.0961. The summed E-state index contributed by atoms with van der Waals surface area (Å²) in [5.74, 6) is -0.539. The molecule has 1 heterocycles. The van der Waals surface area contributed by atoms with Crippen LogP contribution in [0.5, 0.6) is 23.0 Å². The van der Waals surface area contributed by atoms with E-state index in [9.17, 15) is 20.2 Å². The van der Waals surface area contributed by atoms with Crippen molar-refractivity contribution in [1.82, 2.24) is 0 Å². The third-order valence-electron chi connectivity index (χ3n) is 6.64. The first kappa shape index (κ1) is 29.3. The fourth-order valence-corrected chi connectivity index (χ4v) is 5.05. The first-order valence-corrected chi connectivity index (χ1v) is 13.4. The number of nitrogens with zero attached hydrogens (tertiary/aromatic N) is 2. The minimum absolute atomic E-state index is 0.0658. The molecule has 10 nitrogen and oxygen atoms in total. The van der Waals surface area contributed by atoms with Gasteiger partial charge in [-0.3, -0.25) is 10.1 Å². The zero-order chi connectivity index (χ0) is 30.7. The second-order valence-corrected chi connectivity index (χ2v) is 10.1. The molecule has 5 rings (SSSR count). The third-order valence-corrected chi connectivity index (χ3v) is 7.23. The Hall–Kier alpha value is -5.24. The molecule has 0 saturated heterocycles. The monoisotopic (exact) mass is 617 g/mol. The van der Waals surface area contributed by atoms with E-state index in [-0.39, 0.29) is 40.8 Å². The van der Waals surface area contributed by atoms with Gasteiger partial charge in [-0.2, -0.15) is 5.26 Å². The Morgan fingerprint density at radius 1 is 1.07 bits per heavy atom. The molecule has 0 aromatic heterocycles. The first-order valence-electron chi connectivity index (χ1n) is 12.6. The lowest BCUT2D eigenvalue weighted by atomic mass is 9.83. The summed E-state index contributed by atoms with van der Waals surface area (Å²) < 4.78 is 22.7. The number of carbonyl (C=O) groups is 1. The number of ether oxygens (including phenoxy) is 4. The number of nitro groups is 1. The van der Waals surface area contributed by atoms with Gasteiger partial charge in [0.05, 0.1) is 18.0 Å². The normalized spacial score (nSPS) is 13.8. The number of para-hydroxylation sites is 1. The molecule has 4 aromatic rings. The molecule has 1 unspecified atom stereocenters. The lowest BCUT2D eigenvalue weighted by Crippen LogP contribution is -2.21. The summed E-state index contributed by atoms with van der Waals surface area (Å²) in [6.45, 7) is 0.162. The van der Waals surface area contributed by atoms with Crippen LogP contribution in [-0.4, -0.2) is 18.0 Å². The van der Waals surface area contributed by atoms with Crippen molar-refractivity contribution in [1.29, 1.82) is 5.26 Å². The van der Waals surface area contributed by atoms with Crippen LogP contribution in [0.1, 0.15) is 33.0 Å². The number of benzene rings is 4. The summed E-state index contributed by atoms with van der Waals surface area (Å²) in [6.07, 6.45) is 0. The van der Waals surface area contributed by atoms with Crippen LogP contribution in [0.3, 0.4) is 0 Å². The standard InChI is InChI=1S/C31H21Cl2N3O7/c1-40-28-12-17(7-11-26(28)41-16-18-6-8-19(32)13-24(18)33)29-22-10-9-20(14-27(22)43-30(35)23(29)15-34)42-31(37)21-4-2-3-5-25(21)36(38)39/h2-14,29H,16,35H2,1H3. The summed E-state index contributed by atoms with van der Waals surface area (Å²) in [5, 5.41) is 22.3. The number of rotatable bonds is 8. The van der Waals surface area contributed by atoms with Gasteiger partial charge in [0.1, 0.15) is 35.3 Å². The van der Waals surface area contributed by atoms with Crippen LogP contribution in [-0.2, 0) is 6.61 Å². The van der Waals surface area contributed by atoms with Gasteiger partial charge in [0.15, 0.2) is 11.5 Å². The lowest BCUT2D eigenvalue weighted by Gasteiger charge is -2.27. The van der Waals surface area contributed by atoms with Gasteiger partial charge < -0.3 is 24.7 Å². The highest BCUT2D eigenvalue weighted by molar-refractivity contribution is 6.35. The van der Waals surface area contributed by atoms with E-state index in [1.54, 1.807) is 42.5 Å². The Kier molecular flexibility index (Phi) is 8.39. The van der Waals surface area contributed by atoms with E-state index >= 15 is 0 Å². The number of hydrogen-bond acceptors (Lipinski definition) is 9. The molecule has 0 bridgehead atoms. The second-order valence-electron chi connectivity index (χ2n) is 9.22. The smallest absolute Gasteiger partial charge is 0.350 e.